The Labute approximate surface area is 79.7 Å². The first kappa shape index (κ1) is 9.85. The molecule has 13 heavy (non-hydrogen) atoms. The van der Waals surface area contributed by atoms with E-state index in [-0.39, 0.29) is 0 Å². The first-order valence-electron chi connectivity index (χ1n) is 4.67. The number of hydrogen-bond acceptors (Lipinski definition) is 1. The third kappa shape index (κ3) is 3.32. The molecule has 0 atom stereocenters. The minimum absolute atomic E-state index is 0.332. The van der Waals surface area contributed by atoms with Gasteiger partial charge in [0.1, 0.15) is 5.75 Å². The van der Waals surface area contributed by atoms with Gasteiger partial charge < -0.3 is 5.11 Å². The molecule has 1 heteroatoms. The molecule has 0 fully saturated rings. The molecular formula is C12H16O. The molecule has 0 amide bonds. The van der Waals surface area contributed by atoms with Crippen LogP contribution in [0.1, 0.15) is 25.3 Å². The lowest BCUT2D eigenvalue weighted by molar-refractivity contribution is 0.475. The van der Waals surface area contributed by atoms with Gasteiger partial charge in [-0.15, -0.1) is 0 Å². The number of aromatic hydroxyl groups is 1. The molecule has 0 saturated heterocycles. The molecule has 1 nitrogen and oxygen atoms in total. The van der Waals surface area contributed by atoms with E-state index in [4.69, 9.17) is 5.11 Å². The van der Waals surface area contributed by atoms with Gasteiger partial charge in [-0.2, -0.15) is 0 Å². The highest BCUT2D eigenvalue weighted by Gasteiger charge is 1.95. The first-order chi connectivity index (χ1) is 6.22. The van der Waals surface area contributed by atoms with E-state index in [9.17, 15) is 0 Å². The molecule has 0 aliphatic heterocycles. The first-order valence-corrected chi connectivity index (χ1v) is 4.67. The van der Waals surface area contributed by atoms with Crippen LogP contribution in [0.2, 0.25) is 0 Å². The molecule has 0 saturated carbocycles. The van der Waals surface area contributed by atoms with E-state index in [1.807, 2.05) is 12.1 Å². The van der Waals surface area contributed by atoms with Gasteiger partial charge in [0.25, 0.3) is 0 Å². The number of benzene rings is 1. The lowest BCUT2D eigenvalue weighted by Gasteiger charge is -2.02. The molecule has 0 aliphatic carbocycles. The lowest BCUT2D eigenvalue weighted by Crippen LogP contribution is -1.86. The van der Waals surface area contributed by atoms with Crippen molar-refractivity contribution in [3.8, 4) is 5.75 Å². The van der Waals surface area contributed by atoms with Crippen LogP contribution in [0.4, 0.5) is 0 Å². The van der Waals surface area contributed by atoms with Crippen molar-refractivity contribution in [2.24, 2.45) is 0 Å². The van der Waals surface area contributed by atoms with Crippen LogP contribution in [0.25, 0.3) is 0 Å². The highest BCUT2D eigenvalue weighted by atomic mass is 16.3. The molecular weight excluding hydrogens is 160 g/mol. The Morgan fingerprint density at radius 2 is 1.92 bits per heavy atom. The monoisotopic (exact) mass is 176 g/mol. The van der Waals surface area contributed by atoms with Crippen LogP contribution in [-0.4, -0.2) is 5.11 Å². The number of rotatable bonds is 4. The van der Waals surface area contributed by atoms with Crippen LogP contribution in [0.15, 0.2) is 36.4 Å². The van der Waals surface area contributed by atoms with Gasteiger partial charge in [0.15, 0.2) is 0 Å². The maximum Gasteiger partial charge on any atom is 0.115 e. The molecule has 1 aromatic rings. The molecule has 1 aromatic carbocycles. The summed E-state index contributed by atoms with van der Waals surface area (Å²) in [6.45, 7) is 6.08. The minimum Gasteiger partial charge on any atom is -0.508 e. The summed E-state index contributed by atoms with van der Waals surface area (Å²) in [7, 11) is 0. The van der Waals surface area contributed by atoms with Gasteiger partial charge in [-0.3, -0.25) is 0 Å². The molecule has 0 radical (unpaired) electrons. The van der Waals surface area contributed by atoms with Gasteiger partial charge in [0.05, 0.1) is 0 Å². The minimum atomic E-state index is 0.332. The second kappa shape index (κ2) is 4.70. The highest BCUT2D eigenvalue weighted by Crippen LogP contribution is 2.13. The Balaban J connectivity index is 2.46. The largest absolute Gasteiger partial charge is 0.508 e. The highest BCUT2D eigenvalue weighted by molar-refractivity contribution is 5.26. The fraction of sp³-hybridized carbons (Fsp3) is 0.333. The van der Waals surface area contributed by atoms with Crippen molar-refractivity contribution in [3.05, 3.63) is 42.0 Å². The van der Waals surface area contributed by atoms with Gasteiger partial charge in [-0.05, 0) is 37.0 Å². The summed E-state index contributed by atoms with van der Waals surface area (Å²) < 4.78 is 0. The quantitative estimate of drug-likeness (QED) is 0.698. The van der Waals surface area contributed by atoms with E-state index in [1.54, 1.807) is 12.1 Å². The molecule has 70 valence electrons. The lowest BCUT2D eigenvalue weighted by atomic mass is 10.0. The Hall–Kier alpha value is -1.24. The zero-order valence-electron chi connectivity index (χ0n) is 8.09. The third-order valence-corrected chi connectivity index (χ3v) is 2.20. The second-order valence-electron chi connectivity index (χ2n) is 3.27. The van der Waals surface area contributed by atoms with Crippen LogP contribution in [-0.2, 0) is 6.42 Å². The molecule has 0 spiro atoms. The Kier molecular flexibility index (Phi) is 3.56. The second-order valence-corrected chi connectivity index (χ2v) is 3.27. The molecule has 0 aliphatic rings. The van der Waals surface area contributed by atoms with Crippen LogP contribution in [0.5, 0.6) is 5.75 Å². The summed E-state index contributed by atoms with van der Waals surface area (Å²) in [5.41, 5.74) is 2.54. The van der Waals surface area contributed by atoms with Crippen molar-refractivity contribution in [2.45, 2.75) is 26.2 Å². The summed E-state index contributed by atoms with van der Waals surface area (Å²) >= 11 is 0. The Morgan fingerprint density at radius 1 is 1.31 bits per heavy atom. The predicted octanol–water partition coefficient (Wildman–Crippen LogP) is 3.29. The van der Waals surface area contributed by atoms with Crippen LogP contribution < -0.4 is 0 Å². The van der Waals surface area contributed by atoms with Gasteiger partial charge in [0.2, 0.25) is 0 Å². The van der Waals surface area contributed by atoms with E-state index >= 15 is 0 Å². The maximum absolute atomic E-state index is 9.06. The van der Waals surface area contributed by atoms with E-state index in [0.717, 1.165) is 19.3 Å². The van der Waals surface area contributed by atoms with Crippen molar-refractivity contribution in [1.82, 2.24) is 0 Å². The number of phenolic OH excluding ortho intramolecular Hbond substituents is 1. The summed E-state index contributed by atoms with van der Waals surface area (Å²) in [4.78, 5) is 0. The molecule has 1 N–H and O–H groups in total. The standard InChI is InChI=1S/C12H16O/c1-3-10(2)4-5-11-6-8-12(13)9-7-11/h6-9,13H,2-5H2,1H3. The summed E-state index contributed by atoms with van der Waals surface area (Å²) in [6.07, 6.45) is 3.12. The van der Waals surface area contributed by atoms with E-state index in [1.165, 1.54) is 11.1 Å². The molecule has 0 bridgehead atoms. The van der Waals surface area contributed by atoms with E-state index < -0.39 is 0 Å². The van der Waals surface area contributed by atoms with Gasteiger partial charge in [0, 0.05) is 0 Å². The molecule has 0 heterocycles. The smallest absolute Gasteiger partial charge is 0.115 e. The van der Waals surface area contributed by atoms with Crippen molar-refractivity contribution in [3.63, 3.8) is 0 Å². The number of allylic oxidation sites excluding steroid dienone is 1. The van der Waals surface area contributed by atoms with E-state index in [2.05, 4.69) is 13.5 Å². The van der Waals surface area contributed by atoms with Crippen LogP contribution >= 0.6 is 0 Å². The van der Waals surface area contributed by atoms with Crippen molar-refractivity contribution < 1.29 is 5.11 Å². The van der Waals surface area contributed by atoms with E-state index in [0.29, 0.717) is 5.75 Å². The number of hydrogen-bond donors (Lipinski definition) is 1. The van der Waals surface area contributed by atoms with Crippen LogP contribution in [0.3, 0.4) is 0 Å². The molecule has 0 unspecified atom stereocenters. The zero-order valence-corrected chi connectivity index (χ0v) is 8.09. The van der Waals surface area contributed by atoms with Gasteiger partial charge in [-0.25, -0.2) is 0 Å². The fourth-order valence-corrected chi connectivity index (χ4v) is 1.16. The summed E-state index contributed by atoms with van der Waals surface area (Å²) in [5.74, 6) is 0.332. The van der Waals surface area contributed by atoms with Crippen molar-refractivity contribution >= 4 is 0 Å². The van der Waals surface area contributed by atoms with Gasteiger partial charge in [-0.1, -0.05) is 31.2 Å². The number of phenols is 1. The Bertz CT molecular complexity index is 272. The maximum atomic E-state index is 9.06. The van der Waals surface area contributed by atoms with Crippen molar-refractivity contribution in [1.29, 1.82) is 0 Å². The Morgan fingerprint density at radius 3 is 2.46 bits per heavy atom. The normalized spacial score (nSPS) is 9.92. The SMILES string of the molecule is C=C(CC)CCc1ccc(O)cc1. The predicted molar refractivity (Wildman–Crippen MR) is 55.9 cm³/mol. The summed E-state index contributed by atoms with van der Waals surface area (Å²) in [6, 6.07) is 7.37. The van der Waals surface area contributed by atoms with Crippen LogP contribution in [0, 0.1) is 0 Å². The third-order valence-electron chi connectivity index (χ3n) is 2.20. The number of aryl methyl sites for hydroxylation is 1. The zero-order chi connectivity index (χ0) is 9.68. The van der Waals surface area contributed by atoms with Gasteiger partial charge >= 0.3 is 0 Å². The topological polar surface area (TPSA) is 20.2 Å². The fourth-order valence-electron chi connectivity index (χ4n) is 1.16. The van der Waals surface area contributed by atoms with Crippen molar-refractivity contribution in [2.75, 3.05) is 0 Å². The average Bonchev–Trinajstić information content (AvgIpc) is 2.16. The summed E-state index contributed by atoms with van der Waals surface area (Å²) in [5, 5.41) is 9.06. The molecule has 1 rings (SSSR count). The average molecular weight is 176 g/mol. The molecule has 0 aromatic heterocycles.